The van der Waals surface area contributed by atoms with Gasteiger partial charge in [0.2, 0.25) is 5.91 Å². The number of amides is 1. The number of H-pyrrole nitrogens is 2. The van der Waals surface area contributed by atoms with Crippen LogP contribution in [0.3, 0.4) is 0 Å². The number of hydrogen-bond donors (Lipinski definition) is 3. The maximum atomic E-state index is 13.9. The number of anilines is 1. The Labute approximate surface area is 223 Å². The molecule has 3 N–H and O–H groups in total. The van der Waals surface area contributed by atoms with E-state index in [0.717, 1.165) is 27.6 Å². The van der Waals surface area contributed by atoms with E-state index < -0.39 is 0 Å². The Kier molecular flexibility index (Phi) is 5.86. The van der Waals surface area contributed by atoms with Crippen molar-refractivity contribution in [2.75, 3.05) is 5.32 Å². The van der Waals surface area contributed by atoms with Gasteiger partial charge in [0.25, 0.3) is 0 Å². The molecule has 1 amide bonds. The first kappa shape index (κ1) is 24.4. The van der Waals surface area contributed by atoms with Crippen LogP contribution in [0.4, 0.5) is 10.1 Å². The largest absolute Gasteiger partial charge is 0.335 e. The van der Waals surface area contributed by atoms with E-state index in [4.69, 9.17) is 0 Å². The SMILES string of the molecule is CC(C)(C)CC(=O)Nc1cncc(-c2cc3c(-c4nc5nccc(-c6cccc(F)c6)c5[nH]4)n[nH]c3cn2)c1. The number of nitrogens with one attached hydrogen (secondary N) is 3. The first-order valence-corrected chi connectivity index (χ1v) is 12.4. The number of pyridine rings is 3. The van der Waals surface area contributed by atoms with E-state index >= 15 is 0 Å². The van der Waals surface area contributed by atoms with Crippen molar-refractivity contribution in [2.24, 2.45) is 5.41 Å². The van der Waals surface area contributed by atoms with Gasteiger partial charge in [-0.1, -0.05) is 32.9 Å². The molecule has 0 aliphatic carbocycles. The summed E-state index contributed by atoms with van der Waals surface area (Å²) in [6, 6.07) is 12.0. The Bertz CT molecular complexity index is 1850. The molecule has 10 heteroatoms. The summed E-state index contributed by atoms with van der Waals surface area (Å²) in [6.45, 7) is 6.05. The molecular weight excluding hydrogens is 495 g/mol. The Morgan fingerprint density at radius 3 is 2.72 bits per heavy atom. The van der Waals surface area contributed by atoms with Crippen molar-refractivity contribution in [1.82, 2.24) is 35.1 Å². The number of nitrogens with zero attached hydrogens (tertiary/aromatic N) is 5. The van der Waals surface area contributed by atoms with Crippen molar-refractivity contribution < 1.29 is 9.18 Å². The molecule has 39 heavy (non-hydrogen) atoms. The van der Waals surface area contributed by atoms with E-state index in [-0.39, 0.29) is 17.1 Å². The number of rotatable bonds is 5. The van der Waals surface area contributed by atoms with Crippen LogP contribution in [0.5, 0.6) is 0 Å². The summed E-state index contributed by atoms with van der Waals surface area (Å²) in [5.74, 6) is 0.131. The summed E-state index contributed by atoms with van der Waals surface area (Å²) in [5, 5.41) is 11.2. The van der Waals surface area contributed by atoms with Gasteiger partial charge in [-0.2, -0.15) is 5.10 Å². The lowest BCUT2D eigenvalue weighted by molar-refractivity contribution is -0.117. The van der Waals surface area contributed by atoms with Gasteiger partial charge in [-0.15, -0.1) is 0 Å². The summed E-state index contributed by atoms with van der Waals surface area (Å²) in [7, 11) is 0. The van der Waals surface area contributed by atoms with Crippen LogP contribution in [0.1, 0.15) is 27.2 Å². The first-order valence-electron chi connectivity index (χ1n) is 12.4. The lowest BCUT2D eigenvalue weighted by Crippen LogP contribution is -2.19. The number of carbonyl (C=O) groups excluding carboxylic acids is 1. The van der Waals surface area contributed by atoms with E-state index in [1.807, 2.05) is 45.0 Å². The van der Waals surface area contributed by atoms with Gasteiger partial charge in [-0.3, -0.25) is 19.9 Å². The van der Waals surface area contributed by atoms with Crippen LogP contribution >= 0.6 is 0 Å². The van der Waals surface area contributed by atoms with Crippen LogP contribution in [0.25, 0.3) is 56.0 Å². The normalized spacial score (nSPS) is 11.8. The molecule has 6 aromatic rings. The predicted octanol–water partition coefficient (Wildman–Crippen LogP) is 6.14. The zero-order valence-corrected chi connectivity index (χ0v) is 21.6. The predicted molar refractivity (Wildman–Crippen MR) is 148 cm³/mol. The maximum Gasteiger partial charge on any atom is 0.224 e. The van der Waals surface area contributed by atoms with Crippen molar-refractivity contribution in [3.63, 3.8) is 0 Å². The second-order valence-corrected chi connectivity index (χ2v) is 10.6. The van der Waals surface area contributed by atoms with E-state index in [0.29, 0.717) is 40.5 Å². The summed E-state index contributed by atoms with van der Waals surface area (Å²) in [4.78, 5) is 33.7. The highest BCUT2D eigenvalue weighted by molar-refractivity contribution is 5.97. The third kappa shape index (κ3) is 4.96. The minimum absolute atomic E-state index is 0.0712. The van der Waals surface area contributed by atoms with Crippen LogP contribution in [-0.2, 0) is 4.79 Å². The molecule has 5 heterocycles. The molecule has 0 spiro atoms. The van der Waals surface area contributed by atoms with Gasteiger partial charge in [-0.25, -0.2) is 14.4 Å². The number of imidazole rings is 1. The monoisotopic (exact) mass is 520 g/mol. The van der Waals surface area contributed by atoms with Crippen LogP contribution in [0.15, 0.2) is 67.3 Å². The molecular formula is C29H25FN8O. The number of carbonyl (C=O) groups is 1. The molecule has 0 radical (unpaired) electrons. The van der Waals surface area contributed by atoms with E-state index in [2.05, 4.69) is 40.4 Å². The minimum atomic E-state index is -0.317. The third-order valence-corrected chi connectivity index (χ3v) is 6.21. The van der Waals surface area contributed by atoms with Crippen molar-refractivity contribution in [2.45, 2.75) is 27.2 Å². The van der Waals surface area contributed by atoms with Gasteiger partial charge in [-0.05, 0) is 41.3 Å². The van der Waals surface area contributed by atoms with Gasteiger partial charge < -0.3 is 10.3 Å². The van der Waals surface area contributed by atoms with Crippen molar-refractivity contribution in [3.05, 3.63) is 73.1 Å². The second-order valence-electron chi connectivity index (χ2n) is 10.6. The van der Waals surface area contributed by atoms with Crippen LogP contribution in [0.2, 0.25) is 0 Å². The van der Waals surface area contributed by atoms with Crippen LogP contribution < -0.4 is 5.32 Å². The third-order valence-electron chi connectivity index (χ3n) is 6.21. The van der Waals surface area contributed by atoms with Crippen molar-refractivity contribution in [3.8, 4) is 33.9 Å². The molecule has 0 fully saturated rings. The molecule has 9 nitrogen and oxygen atoms in total. The molecule has 0 aliphatic rings. The summed E-state index contributed by atoms with van der Waals surface area (Å²) in [5.41, 5.74) is 5.92. The van der Waals surface area contributed by atoms with E-state index in [1.165, 1.54) is 12.1 Å². The number of fused-ring (bicyclic) bond motifs is 2. The molecule has 0 atom stereocenters. The first-order chi connectivity index (χ1) is 18.7. The highest BCUT2D eigenvalue weighted by Crippen LogP contribution is 2.32. The fourth-order valence-electron chi connectivity index (χ4n) is 4.51. The molecule has 194 valence electrons. The molecule has 0 saturated carbocycles. The quantitative estimate of drug-likeness (QED) is 0.251. The van der Waals surface area contributed by atoms with Crippen LogP contribution in [0, 0.1) is 11.2 Å². The zero-order chi connectivity index (χ0) is 27.1. The molecule has 1 aromatic carbocycles. The molecule has 0 aliphatic heterocycles. The Morgan fingerprint density at radius 1 is 1.03 bits per heavy atom. The lowest BCUT2D eigenvalue weighted by Gasteiger charge is -2.17. The average molecular weight is 521 g/mol. The van der Waals surface area contributed by atoms with Gasteiger partial charge >= 0.3 is 0 Å². The van der Waals surface area contributed by atoms with E-state index in [9.17, 15) is 9.18 Å². The average Bonchev–Trinajstić information content (AvgIpc) is 3.51. The number of aromatic nitrogens is 7. The number of aromatic amines is 2. The topological polar surface area (TPSA) is 125 Å². The maximum absolute atomic E-state index is 13.9. The summed E-state index contributed by atoms with van der Waals surface area (Å²) in [6.07, 6.45) is 7.06. The molecule has 0 unspecified atom stereocenters. The fraction of sp³-hybridized carbons (Fsp3) is 0.172. The molecule has 0 bridgehead atoms. The van der Waals surface area contributed by atoms with E-state index in [1.54, 1.807) is 30.9 Å². The smallest absolute Gasteiger partial charge is 0.224 e. The zero-order valence-electron chi connectivity index (χ0n) is 21.6. The van der Waals surface area contributed by atoms with Crippen LogP contribution in [-0.4, -0.2) is 41.0 Å². The summed E-state index contributed by atoms with van der Waals surface area (Å²) < 4.78 is 13.9. The van der Waals surface area contributed by atoms with Crippen molar-refractivity contribution in [1.29, 1.82) is 0 Å². The van der Waals surface area contributed by atoms with Gasteiger partial charge in [0, 0.05) is 35.3 Å². The van der Waals surface area contributed by atoms with Gasteiger partial charge in [0.05, 0.1) is 34.8 Å². The molecule has 0 saturated heterocycles. The number of benzene rings is 1. The standard InChI is InChI=1S/C29H25FN8O/c1-29(2,3)12-24(39)34-19-10-17(13-31-14-19)22-11-21-23(15-33-22)37-38-26(21)28-35-25-20(7-8-32-27(25)36-28)16-5-4-6-18(30)9-16/h4-11,13-15H,12H2,1-3H3,(H,34,39)(H,37,38)(H,32,35,36). The highest BCUT2D eigenvalue weighted by atomic mass is 19.1. The van der Waals surface area contributed by atoms with Gasteiger partial charge in [0.1, 0.15) is 11.5 Å². The summed E-state index contributed by atoms with van der Waals surface area (Å²) >= 11 is 0. The Balaban J connectivity index is 1.37. The highest BCUT2D eigenvalue weighted by Gasteiger charge is 2.18. The van der Waals surface area contributed by atoms with Crippen molar-refractivity contribution >= 4 is 33.7 Å². The fourth-order valence-corrected chi connectivity index (χ4v) is 4.51. The number of halogens is 1. The lowest BCUT2D eigenvalue weighted by atomic mass is 9.92. The second kappa shape index (κ2) is 9.39. The number of hydrogen-bond acceptors (Lipinski definition) is 6. The molecule has 5 aromatic heterocycles. The minimum Gasteiger partial charge on any atom is -0.335 e. The Hall–Kier alpha value is -4.99. The Morgan fingerprint density at radius 2 is 1.90 bits per heavy atom. The molecule has 6 rings (SSSR count). The van der Waals surface area contributed by atoms with Gasteiger partial charge in [0.15, 0.2) is 11.5 Å².